The Bertz CT molecular complexity index is 278. The van der Waals surface area contributed by atoms with Crippen LogP contribution in [0.25, 0.3) is 0 Å². The highest BCUT2D eigenvalue weighted by Crippen LogP contribution is 2.14. The zero-order valence-electron chi connectivity index (χ0n) is 17.1. The molecule has 0 aromatic heterocycles. The molecule has 1 atom stereocenters. The molecule has 1 unspecified atom stereocenters. The Balaban J connectivity index is 3.25. The summed E-state index contributed by atoms with van der Waals surface area (Å²) in [5, 5.41) is 10.0. The van der Waals surface area contributed by atoms with Crippen LogP contribution in [0, 0.1) is 0 Å². The monoisotopic (exact) mass is 356 g/mol. The molecule has 25 heavy (non-hydrogen) atoms. The molecule has 0 rings (SSSR count). The quantitative estimate of drug-likeness (QED) is 0.210. The maximum absolute atomic E-state index is 11.4. The van der Waals surface area contributed by atoms with Gasteiger partial charge in [-0.1, -0.05) is 90.9 Å². The van der Waals surface area contributed by atoms with Gasteiger partial charge in [0.25, 0.3) is 0 Å². The van der Waals surface area contributed by atoms with Crippen LogP contribution in [0.15, 0.2) is 0 Å². The van der Waals surface area contributed by atoms with Gasteiger partial charge in [0.2, 0.25) is 0 Å². The second kappa shape index (κ2) is 19.8. The fraction of sp³-hybridized carbons (Fsp3) is 0.955. The zero-order valence-corrected chi connectivity index (χ0v) is 17.1. The SMILES string of the molecule is CCCCCCCCCCC(O)CCCCCCC(=O)OCCCC. The summed E-state index contributed by atoms with van der Waals surface area (Å²) in [7, 11) is 0. The number of hydrogen-bond acceptors (Lipinski definition) is 3. The van der Waals surface area contributed by atoms with Gasteiger partial charge in [-0.3, -0.25) is 4.79 Å². The third-order valence-electron chi connectivity index (χ3n) is 4.82. The predicted octanol–water partition coefficient (Wildman–Crippen LogP) is 6.56. The number of carbonyl (C=O) groups excluding carboxylic acids is 1. The largest absolute Gasteiger partial charge is 0.466 e. The van der Waals surface area contributed by atoms with Crippen LogP contribution in [0.3, 0.4) is 0 Å². The number of rotatable bonds is 19. The molecule has 0 spiro atoms. The molecular formula is C22H44O3. The first-order valence-electron chi connectivity index (χ1n) is 11.0. The summed E-state index contributed by atoms with van der Waals surface area (Å²) in [4.78, 5) is 11.4. The Morgan fingerprint density at radius 1 is 0.720 bits per heavy atom. The molecule has 0 aliphatic carbocycles. The van der Waals surface area contributed by atoms with Gasteiger partial charge in [0, 0.05) is 6.42 Å². The van der Waals surface area contributed by atoms with Crippen molar-refractivity contribution < 1.29 is 14.6 Å². The molecule has 0 aliphatic heterocycles. The maximum atomic E-state index is 11.4. The van der Waals surface area contributed by atoms with Gasteiger partial charge < -0.3 is 9.84 Å². The summed E-state index contributed by atoms with van der Waals surface area (Å²) in [6.45, 7) is 4.92. The summed E-state index contributed by atoms with van der Waals surface area (Å²) in [5.41, 5.74) is 0. The third kappa shape index (κ3) is 19.6. The van der Waals surface area contributed by atoms with Crippen LogP contribution in [0.2, 0.25) is 0 Å². The van der Waals surface area contributed by atoms with E-state index in [2.05, 4.69) is 13.8 Å². The van der Waals surface area contributed by atoms with Gasteiger partial charge in [-0.15, -0.1) is 0 Å². The van der Waals surface area contributed by atoms with E-state index in [-0.39, 0.29) is 12.1 Å². The van der Waals surface area contributed by atoms with Crippen molar-refractivity contribution in [2.45, 2.75) is 129 Å². The van der Waals surface area contributed by atoms with Gasteiger partial charge in [-0.05, 0) is 25.7 Å². The van der Waals surface area contributed by atoms with Crippen molar-refractivity contribution in [3.05, 3.63) is 0 Å². The highest BCUT2D eigenvalue weighted by molar-refractivity contribution is 5.69. The first-order chi connectivity index (χ1) is 12.2. The number of aliphatic hydroxyl groups is 1. The number of esters is 1. The summed E-state index contributed by atoms with van der Waals surface area (Å²) in [5.74, 6) is -0.0526. The fourth-order valence-electron chi connectivity index (χ4n) is 3.06. The second-order valence-electron chi connectivity index (χ2n) is 7.44. The molecule has 150 valence electrons. The van der Waals surface area contributed by atoms with E-state index in [0.29, 0.717) is 13.0 Å². The van der Waals surface area contributed by atoms with Crippen molar-refractivity contribution in [2.75, 3.05) is 6.61 Å². The minimum absolute atomic E-state index is 0.0526. The maximum Gasteiger partial charge on any atom is 0.305 e. The van der Waals surface area contributed by atoms with Gasteiger partial charge in [0.15, 0.2) is 0 Å². The highest BCUT2D eigenvalue weighted by Gasteiger charge is 2.05. The predicted molar refractivity (Wildman–Crippen MR) is 107 cm³/mol. The lowest BCUT2D eigenvalue weighted by atomic mass is 10.0. The molecule has 0 heterocycles. The van der Waals surface area contributed by atoms with Crippen LogP contribution < -0.4 is 0 Å². The molecule has 0 aliphatic rings. The van der Waals surface area contributed by atoms with E-state index in [1.165, 1.54) is 51.4 Å². The number of ether oxygens (including phenoxy) is 1. The zero-order chi connectivity index (χ0) is 18.6. The van der Waals surface area contributed by atoms with Crippen LogP contribution >= 0.6 is 0 Å². The number of unbranched alkanes of at least 4 members (excludes halogenated alkanes) is 11. The van der Waals surface area contributed by atoms with E-state index >= 15 is 0 Å². The van der Waals surface area contributed by atoms with E-state index < -0.39 is 0 Å². The van der Waals surface area contributed by atoms with Crippen molar-refractivity contribution in [2.24, 2.45) is 0 Å². The molecule has 0 aromatic rings. The standard InChI is InChI=1S/C22H44O3/c1-3-5-7-8-9-10-11-14-17-21(23)18-15-12-13-16-19-22(24)25-20-6-4-2/h21,23H,3-20H2,1-2H3. The summed E-state index contributed by atoms with van der Waals surface area (Å²) in [6, 6.07) is 0. The molecule has 0 aromatic carbocycles. The molecule has 0 saturated heterocycles. The molecule has 0 amide bonds. The lowest BCUT2D eigenvalue weighted by molar-refractivity contribution is -0.143. The van der Waals surface area contributed by atoms with Crippen LogP contribution in [-0.4, -0.2) is 23.8 Å². The third-order valence-corrected chi connectivity index (χ3v) is 4.82. The molecule has 3 heteroatoms. The Labute approximate surface area is 156 Å². The van der Waals surface area contributed by atoms with Gasteiger partial charge in [-0.25, -0.2) is 0 Å². The number of carbonyl (C=O) groups is 1. The van der Waals surface area contributed by atoms with Crippen LogP contribution in [0.5, 0.6) is 0 Å². The van der Waals surface area contributed by atoms with Crippen molar-refractivity contribution in [3.8, 4) is 0 Å². The Hall–Kier alpha value is -0.570. The molecular weight excluding hydrogens is 312 g/mol. The average molecular weight is 357 g/mol. The summed E-state index contributed by atoms with van der Waals surface area (Å²) in [6.07, 6.45) is 19.0. The minimum atomic E-state index is -0.126. The molecule has 0 saturated carbocycles. The van der Waals surface area contributed by atoms with Crippen molar-refractivity contribution >= 4 is 5.97 Å². The Kier molecular flexibility index (Phi) is 19.3. The molecule has 0 radical (unpaired) electrons. The average Bonchev–Trinajstić information content (AvgIpc) is 2.60. The van der Waals surface area contributed by atoms with E-state index in [1.807, 2.05) is 0 Å². The van der Waals surface area contributed by atoms with Crippen LogP contribution in [0.1, 0.15) is 123 Å². The first-order valence-corrected chi connectivity index (χ1v) is 11.0. The lowest BCUT2D eigenvalue weighted by Crippen LogP contribution is -2.06. The van der Waals surface area contributed by atoms with E-state index in [1.54, 1.807) is 0 Å². The van der Waals surface area contributed by atoms with Crippen molar-refractivity contribution in [1.29, 1.82) is 0 Å². The summed E-state index contributed by atoms with van der Waals surface area (Å²) < 4.78 is 5.14. The topological polar surface area (TPSA) is 46.5 Å². The first kappa shape index (κ1) is 24.4. The molecule has 0 fully saturated rings. The van der Waals surface area contributed by atoms with Gasteiger partial charge >= 0.3 is 5.97 Å². The fourth-order valence-corrected chi connectivity index (χ4v) is 3.06. The van der Waals surface area contributed by atoms with Crippen molar-refractivity contribution in [3.63, 3.8) is 0 Å². The summed E-state index contributed by atoms with van der Waals surface area (Å²) >= 11 is 0. The second-order valence-corrected chi connectivity index (χ2v) is 7.44. The molecule has 1 N–H and O–H groups in total. The van der Waals surface area contributed by atoms with Crippen LogP contribution in [-0.2, 0) is 9.53 Å². The Morgan fingerprint density at radius 2 is 1.20 bits per heavy atom. The van der Waals surface area contributed by atoms with Gasteiger partial charge in [-0.2, -0.15) is 0 Å². The van der Waals surface area contributed by atoms with Crippen LogP contribution in [0.4, 0.5) is 0 Å². The van der Waals surface area contributed by atoms with E-state index in [4.69, 9.17) is 4.74 Å². The van der Waals surface area contributed by atoms with Gasteiger partial charge in [0.05, 0.1) is 12.7 Å². The molecule has 0 bridgehead atoms. The minimum Gasteiger partial charge on any atom is -0.466 e. The highest BCUT2D eigenvalue weighted by atomic mass is 16.5. The Morgan fingerprint density at radius 3 is 1.76 bits per heavy atom. The van der Waals surface area contributed by atoms with E-state index in [9.17, 15) is 9.90 Å². The number of hydrogen-bond donors (Lipinski definition) is 1. The lowest BCUT2D eigenvalue weighted by Gasteiger charge is -2.10. The normalized spacial score (nSPS) is 12.3. The number of aliphatic hydroxyl groups excluding tert-OH is 1. The van der Waals surface area contributed by atoms with E-state index in [0.717, 1.165) is 51.4 Å². The smallest absolute Gasteiger partial charge is 0.305 e. The molecule has 3 nitrogen and oxygen atoms in total. The van der Waals surface area contributed by atoms with Crippen molar-refractivity contribution in [1.82, 2.24) is 0 Å². The van der Waals surface area contributed by atoms with Gasteiger partial charge in [0.1, 0.15) is 0 Å².